The number of carbonyl (C=O) groups excluding carboxylic acids is 2. The van der Waals surface area contributed by atoms with E-state index in [9.17, 15) is 9.59 Å². The smallest absolute Gasteiger partial charge is 0.227 e. The third kappa shape index (κ3) is 5.50. The average Bonchev–Trinajstić information content (AvgIpc) is 3.08. The van der Waals surface area contributed by atoms with Crippen LogP contribution in [0.3, 0.4) is 0 Å². The summed E-state index contributed by atoms with van der Waals surface area (Å²) >= 11 is 1.77. The molecule has 2 amide bonds. The Bertz CT molecular complexity index is 1000. The Morgan fingerprint density at radius 3 is 2.50 bits per heavy atom. The average molecular weight is 449 g/mol. The van der Waals surface area contributed by atoms with Crippen molar-refractivity contribution in [1.82, 2.24) is 9.80 Å². The Balaban J connectivity index is 1.26. The molecular weight excluding hydrogens is 420 g/mol. The number of thioether (sulfide) groups is 1. The van der Waals surface area contributed by atoms with Gasteiger partial charge in [0, 0.05) is 62.8 Å². The van der Waals surface area contributed by atoms with Crippen LogP contribution in [0.25, 0.3) is 0 Å². The van der Waals surface area contributed by atoms with Crippen LogP contribution in [0, 0.1) is 11.3 Å². The van der Waals surface area contributed by atoms with Crippen molar-refractivity contribution in [2.24, 2.45) is 0 Å². The molecule has 166 valence electrons. The quantitative estimate of drug-likeness (QED) is 0.700. The van der Waals surface area contributed by atoms with Crippen molar-refractivity contribution < 1.29 is 9.59 Å². The SMILES string of the molecule is N#Cc1ccc(CN2CCCN(C(=O)CCC(=O)N3CCSc4ccccc43)CC2)cc1. The van der Waals surface area contributed by atoms with Gasteiger partial charge in [-0.25, -0.2) is 0 Å². The first kappa shape index (κ1) is 22.4. The summed E-state index contributed by atoms with van der Waals surface area (Å²) < 4.78 is 0. The number of rotatable bonds is 5. The second-order valence-corrected chi connectivity index (χ2v) is 9.32. The largest absolute Gasteiger partial charge is 0.341 e. The summed E-state index contributed by atoms with van der Waals surface area (Å²) in [7, 11) is 0. The zero-order chi connectivity index (χ0) is 22.3. The number of para-hydroxylation sites is 1. The molecule has 2 aliphatic heterocycles. The maximum Gasteiger partial charge on any atom is 0.227 e. The maximum absolute atomic E-state index is 12.8. The Morgan fingerprint density at radius 2 is 1.69 bits per heavy atom. The number of carbonyl (C=O) groups is 2. The fourth-order valence-corrected chi connectivity index (χ4v) is 5.25. The van der Waals surface area contributed by atoms with Crippen LogP contribution >= 0.6 is 11.8 Å². The van der Waals surface area contributed by atoms with Crippen LogP contribution in [0.4, 0.5) is 5.69 Å². The zero-order valence-electron chi connectivity index (χ0n) is 18.2. The van der Waals surface area contributed by atoms with Crippen LogP contribution < -0.4 is 4.90 Å². The highest BCUT2D eigenvalue weighted by Gasteiger charge is 2.25. The Labute approximate surface area is 193 Å². The van der Waals surface area contributed by atoms with Crippen LogP contribution in [-0.4, -0.2) is 60.1 Å². The normalized spacial score (nSPS) is 16.7. The van der Waals surface area contributed by atoms with Gasteiger partial charge in [-0.15, -0.1) is 11.8 Å². The molecule has 0 aromatic heterocycles. The van der Waals surface area contributed by atoms with Gasteiger partial charge in [0.1, 0.15) is 0 Å². The summed E-state index contributed by atoms with van der Waals surface area (Å²) in [6.07, 6.45) is 1.44. The minimum absolute atomic E-state index is 0.0309. The topological polar surface area (TPSA) is 67.6 Å². The van der Waals surface area contributed by atoms with Crippen molar-refractivity contribution in [3.05, 3.63) is 59.7 Å². The first-order valence-corrected chi connectivity index (χ1v) is 12.1. The molecule has 0 aliphatic carbocycles. The Kier molecular flexibility index (Phi) is 7.46. The predicted octanol–water partition coefficient (Wildman–Crippen LogP) is 3.51. The van der Waals surface area contributed by atoms with Gasteiger partial charge in [-0.3, -0.25) is 14.5 Å². The molecule has 0 N–H and O–H groups in total. The van der Waals surface area contributed by atoms with Crippen LogP contribution in [0.1, 0.15) is 30.4 Å². The van der Waals surface area contributed by atoms with Crippen LogP contribution in [0.15, 0.2) is 53.4 Å². The van der Waals surface area contributed by atoms with Crippen molar-refractivity contribution in [1.29, 1.82) is 5.26 Å². The summed E-state index contributed by atoms with van der Waals surface area (Å²) in [6.45, 7) is 4.69. The lowest BCUT2D eigenvalue weighted by molar-refractivity contribution is -0.133. The molecule has 0 bridgehead atoms. The first-order valence-electron chi connectivity index (χ1n) is 11.2. The molecule has 0 spiro atoms. The van der Waals surface area contributed by atoms with Crippen molar-refractivity contribution in [2.45, 2.75) is 30.7 Å². The third-order valence-electron chi connectivity index (χ3n) is 6.01. The second-order valence-electron chi connectivity index (χ2n) is 8.18. The molecule has 1 fully saturated rings. The number of hydrogen-bond acceptors (Lipinski definition) is 5. The van der Waals surface area contributed by atoms with Gasteiger partial charge in [0.15, 0.2) is 0 Å². The Morgan fingerprint density at radius 1 is 0.906 bits per heavy atom. The molecule has 32 heavy (non-hydrogen) atoms. The van der Waals surface area contributed by atoms with Gasteiger partial charge in [-0.2, -0.15) is 5.26 Å². The lowest BCUT2D eigenvalue weighted by atomic mass is 10.1. The zero-order valence-corrected chi connectivity index (χ0v) is 19.0. The van der Waals surface area contributed by atoms with E-state index < -0.39 is 0 Å². The molecule has 2 heterocycles. The summed E-state index contributed by atoms with van der Waals surface area (Å²) in [5.74, 6) is 0.986. The standard InChI is InChI=1S/C25H28N4O2S/c26-18-20-6-8-21(9-7-20)19-27-12-3-13-28(15-14-27)24(30)10-11-25(31)29-16-17-32-23-5-2-1-4-22(23)29/h1-2,4-9H,3,10-17,19H2. The summed E-state index contributed by atoms with van der Waals surface area (Å²) in [5, 5.41) is 8.94. The molecule has 0 radical (unpaired) electrons. The summed E-state index contributed by atoms with van der Waals surface area (Å²) in [6, 6.07) is 17.8. The number of hydrogen-bond donors (Lipinski definition) is 0. The maximum atomic E-state index is 12.8. The fraction of sp³-hybridized carbons (Fsp3) is 0.400. The Hall–Kier alpha value is -2.82. The molecule has 2 aliphatic rings. The summed E-state index contributed by atoms with van der Waals surface area (Å²) in [5.41, 5.74) is 2.81. The van der Waals surface area contributed by atoms with E-state index in [0.29, 0.717) is 18.7 Å². The molecular formula is C25H28N4O2S. The lowest BCUT2D eigenvalue weighted by Gasteiger charge is -2.29. The molecule has 0 unspecified atom stereocenters. The van der Waals surface area contributed by atoms with Gasteiger partial charge in [-0.1, -0.05) is 24.3 Å². The van der Waals surface area contributed by atoms with Gasteiger partial charge in [0.05, 0.1) is 17.3 Å². The number of nitriles is 1. The van der Waals surface area contributed by atoms with Crippen LogP contribution in [0.2, 0.25) is 0 Å². The highest BCUT2D eigenvalue weighted by atomic mass is 32.2. The van der Waals surface area contributed by atoms with E-state index in [1.807, 2.05) is 58.3 Å². The first-order chi connectivity index (χ1) is 15.6. The van der Waals surface area contributed by atoms with E-state index in [-0.39, 0.29) is 24.7 Å². The molecule has 0 atom stereocenters. The van der Waals surface area contributed by atoms with E-state index in [2.05, 4.69) is 11.0 Å². The molecule has 7 heteroatoms. The van der Waals surface area contributed by atoms with Crippen molar-refractivity contribution in [3.8, 4) is 6.07 Å². The monoisotopic (exact) mass is 448 g/mol. The number of fused-ring (bicyclic) bond motifs is 1. The van der Waals surface area contributed by atoms with E-state index in [0.717, 1.165) is 48.9 Å². The molecule has 1 saturated heterocycles. The molecule has 6 nitrogen and oxygen atoms in total. The minimum atomic E-state index is 0.0309. The number of nitrogens with zero attached hydrogens (tertiary/aromatic N) is 4. The number of amides is 2. The minimum Gasteiger partial charge on any atom is -0.341 e. The van der Waals surface area contributed by atoms with Crippen molar-refractivity contribution >= 4 is 29.3 Å². The van der Waals surface area contributed by atoms with Crippen LogP contribution in [-0.2, 0) is 16.1 Å². The molecule has 0 saturated carbocycles. The summed E-state index contributed by atoms with van der Waals surface area (Å²) in [4.78, 5) is 32.9. The molecule has 4 rings (SSSR count). The third-order valence-corrected chi connectivity index (χ3v) is 7.06. The second kappa shape index (κ2) is 10.7. The van der Waals surface area contributed by atoms with Gasteiger partial charge in [-0.05, 0) is 36.2 Å². The predicted molar refractivity (Wildman–Crippen MR) is 126 cm³/mol. The van der Waals surface area contributed by atoms with Crippen molar-refractivity contribution in [2.75, 3.05) is 43.4 Å². The van der Waals surface area contributed by atoms with E-state index >= 15 is 0 Å². The van der Waals surface area contributed by atoms with E-state index in [1.165, 1.54) is 5.56 Å². The van der Waals surface area contributed by atoms with E-state index in [4.69, 9.17) is 5.26 Å². The molecule has 2 aromatic carbocycles. The van der Waals surface area contributed by atoms with Gasteiger partial charge in [0.2, 0.25) is 11.8 Å². The highest BCUT2D eigenvalue weighted by molar-refractivity contribution is 7.99. The fourth-order valence-electron chi connectivity index (χ4n) is 4.26. The van der Waals surface area contributed by atoms with Gasteiger partial charge >= 0.3 is 0 Å². The van der Waals surface area contributed by atoms with Crippen molar-refractivity contribution in [3.63, 3.8) is 0 Å². The molecule has 2 aromatic rings. The van der Waals surface area contributed by atoms with E-state index in [1.54, 1.807) is 11.8 Å². The van der Waals surface area contributed by atoms with Gasteiger partial charge < -0.3 is 9.80 Å². The number of anilines is 1. The number of benzene rings is 2. The van der Waals surface area contributed by atoms with Gasteiger partial charge in [0.25, 0.3) is 0 Å². The highest BCUT2D eigenvalue weighted by Crippen LogP contribution is 2.34. The lowest BCUT2D eigenvalue weighted by Crippen LogP contribution is -2.38. The van der Waals surface area contributed by atoms with Crippen LogP contribution in [0.5, 0.6) is 0 Å².